The van der Waals surface area contributed by atoms with Crippen molar-refractivity contribution in [3.8, 4) is 0 Å². The monoisotopic (exact) mass is 296 g/mol. The summed E-state index contributed by atoms with van der Waals surface area (Å²) in [5.74, 6) is -1.18. The van der Waals surface area contributed by atoms with E-state index in [9.17, 15) is 14.0 Å². The molecule has 22 heavy (non-hydrogen) atoms. The zero-order valence-electron chi connectivity index (χ0n) is 11.8. The fourth-order valence-electron chi connectivity index (χ4n) is 2.43. The Morgan fingerprint density at radius 1 is 1.09 bits per heavy atom. The minimum Gasteiger partial charge on any atom is -0.321 e. The second-order valence-corrected chi connectivity index (χ2v) is 4.93. The van der Waals surface area contributed by atoms with Crippen LogP contribution in [0.5, 0.6) is 0 Å². The summed E-state index contributed by atoms with van der Waals surface area (Å²) in [6, 6.07) is 13.0. The van der Waals surface area contributed by atoms with Gasteiger partial charge in [-0.3, -0.25) is 9.59 Å². The van der Waals surface area contributed by atoms with Crippen molar-refractivity contribution in [2.24, 2.45) is 0 Å². The highest BCUT2D eigenvalue weighted by Gasteiger charge is 2.17. The van der Waals surface area contributed by atoms with E-state index in [1.807, 2.05) is 12.1 Å². The van der Waals surface area contributed by atoms with Crippen LogP contribution in [0.25, 0.3) is 10.9 Å². The highest BCUT2D eigenvalue weighted by molar-refractivity contribution is 6.07. The number of hydrogen-bond acceptors (Lipinski definition) is 2. The lowest BCUT2D eigenvalue weighted by Gasteiger charge is -2.10. The van der Waals surface area contributed by atoms with Crippen molar-refractivity contribution < 1.29 is 9.18 Å². The molecular formula is C17H13FN2O2. The van der Waals surface area contributed by atoms with Crippen LogP contribution in [-0.4, -0.2) is 10.9 Å². The molecule has 1 amide bonds. The molecule has 2 N–H and O–H groups in total. The number of aromatic amines is 1. The van der Waals surface area contributed by atoms with Gasteiger partial charge in [-0.2, -0.15) is 0 Å². The largest absolute Gasteiger partial charge is 0.321 e. The third kappa shape index (κ3) is 2.37. The Balaban J connectivity index is 2.08. The molecule has 0 saturated carbocycles. The molecule has 0 radical (unpaired) electrons. The summed E-state index contributed by atoms with van der Waals surface area (Å²) in [6.07, 6.45) is 0. The number of aryl methyl sites for hydroxylation is 1. The lowest BCUT2D eigenvalue weighted by Crippen LogP contribution is -2.25. The van der Waals surface area contributed by atoms with E-state index in [1.165, 1.54) is 18.2 Å². The molecule has 0 atom stereocenters. The number of carbonyl (C=O) groups excluding carboxylic acids is 1. The number of pyridine rings is 1. The van der Waals surface area contributed by atoms with Gasteiger partial charge in [-0.05, 0) is 30.7 Å². The molecule has 5 heteroatoms. The molecule has 2 aromatic carbocycles. The van der Waals surface area contributed by atoms with Crippen LogP contribution in [0.1, 0.15) is 15.9 Å². The number of para-hydroxylation sites is 2. The Bertz CT molecular complexity index is 931. The Kier molecular flexibility index (Phi) is 3.47. The molecule has 0 aliphatic heterocycles. The van der Waals surface area contributed by atoms with Gasteiger partial charge in [0.1, 0.15) is 11.4 Å². The lowest BCUT2D eigenvalue weighted by molar-refractivity contribution is 0.102. The zero-order chi connectivity index (χ0) is 15.7. The maximum atomic E-state index is 13.6. The van der Waals surface area contributed by atoms with Crippen LogP contribution < -0.4 is 10.9 Å². The zero-order valence-corrected chi connectivity index (χ0v) is 11.8. The number of halogens is 1. The van der Waals surface area contributed by atoms with Gasteiger partial charge in [-0.1, -0.05) is 30.3 Å². The fraction of sp³-hybridized carbons (Fsp3) is 0.0588. The molecule has 0 bridgehead atoms. The normalized spacial score (nSPS) is 10.6. The number of rotatable bonds is 2. The first-order chi connectivity index (χ1) is 10.6. The molecule has 3 aromatic rings. The number of aromatic nitrogens is 1. The smallest absolute Gasteiger partial charge is 0.261 e. The summed E-state index contributed by atoms with van der Waals surface area (Å²) in [5, 5.41) is 3.22. The maximum absolute atomic E-state index is 13.6. The fourth-order valence-corrected chi connectivity index (χ4v) is 2.43. The van der Waals surface area contributed by atoms with Gasteiger partial charge >= 0.3 is 0 Å². The van der Waals surface area contributed by atoms with Crippen LogP contribution in [-0.2, 0) is 0 Å². The van der Waals surface area contributed by atoms with Crippen LogP contribution in [0.15, 0.2) is 53.3 Å². The van der Waals surface area contributed by atoms with Gasteiger partial charge in [0.05, 0.1) is 5.69 Å². The molecule has 4 nitrogen and oxygen atoms in total. The molecule has 0 aliphatic carbocycles. The second-order valence-electron chi connectivity index (χ2n) is 4.93. The number of benzene rings is 2. The van der Waals surface area contributed by atoms with E-state index >= 15 is 0 Å². The second kappa shape index (κ2) is 5.44. The minimum absolute atomic E-state index is 0.0121. The third-order valence-electron chi connectivity index (χ3n) is 3.53. The van der Waals surface area contributed by atoms with Crippen LogP contribution in [0, 0.1) is 12.7 Å². The van der Waals surface area contributed by atoms with Crippen molar-refractivity contribution in [1.29, 1.82) is 0 Å². The number of anilines is 1. The predicted molar refractivity (Wildman–Crippen MR) is 83.7 cm³/mol. The van der Waals surface area contributed by atoms with Gasteiger partial charge in [0.2, 0.25) is 0 Å². The summed E-state index contributed by atoms with van der Waals surface area (Å²) < 4.78 is 13.6. The molecule has 0 unspecified atom stereocenters. The number of hydrogen-bond donors (Lipinski definition) is 2. The van der Waals surface area contributed by atoms with Gasteiger partial charge in [-0.25, -0.2) is 4.39 Å². The van der Waals surface area contributed by atoms with E-state index in [-0.39, 0.29) is 11.3 Å². The number of nitrogens with one attached hydrogen (secondary N) is 2. The SMILES string of the molecule is Cc1c(C(=O)Nc2ccccc2F)c(=O)[nH]c2ccccc12. The van der Waals surface area contributed by atoms with Crippen molar-refractivity contribution in [2.45, 2.75) is 6.92 Å². The summed E-state index contributed by atoms with van der Waals surface area (Å²) in [4.78, 5) is 27.2. The van der Waals surface area contributed by atoms with Gasteiger partial charge < -0.3 is 10.3 Å². The average molecular weight is 296 g/mol. The van der Waals surface area contributed by atoms with E-state index in [2.05, 4.69) is 10.3 Å². The Morgan fingerprint density at radius 3 is 2.55 bits per heavy atom. The van der Waals surface area contributed by atoms with E-state index in [0.717, 1.165) is 5.39 Å². The van der Waals surface area contributed by atoms with E-state index in [1.54, 1.807) is 25.1 Å². The van der Waals surface area contributed by atoms with E-state index in [4.69, 9.17) is 0 Å². The van der Waals surface area contributed by atoms with Crippen molar-refractivity contribution >= 4 is 22.5 Å². The summed E-state index contributed by atoms with van der Waals surface area (Å²) in [5.41, 5.74) is 0.757. The molecule has 1 aromatic heterocycles. The predicted octanol–water partition coefficient (Wildman–Crippen LogP) is 3.23. The topological polar surface area (TPSA) is 62.0 Å². The van der Waals surface area contributed by atoms with Crippen molar-refractivity contribution in [3.63, 3.8) is 0 Å². The Labute approximate surface area is 125 Å². The standard InChI is InChI=1S/C17H13FN2O2/c1-10-11-6-2-4-8-13(11)19-16(21)15(10)17(22)20-14-9-5-3-7-12(14)18/h2-9H,1H3,(H,19,21)(H,20,22). The third-order valence-corrected chi connectivity index (χ3v) is 3.53. The summed E-state index contributed by atoms with van der Waals surface area (Å²) in [6.45, 7) is 1.70. The molecule has 1 heterocycles. The molecule has 3 rings (SSSR count). The summed E-state index contributed by atoms with van der Waals surface area (Å²) >= 11 is 0. The molecule has 0 spiro atoms. The number of amides is 1. The molecular weight excluding hydrogens is 283 g/mol. The Hall–Kier alpha value is -2.95. The van der Waals surface area contributed by atoms with Gasteiger partial charge in [0.25, 0.3) is 11.5 Å². The lowest BCUT2D eigenvalue weighted by atomic mass is 10.0. The first-order valence-electron chi connectivity index (χ1n) is 6.75. The number of carbonyl (C=O) groups is 1. The summed E-state index contributed by atoms with van der Waals surface area (Å²) in [7, 11) is 0. The van der Waals surface area contributed by atoms with Crippen LogP contribution >= 0.6 is 0 Å². The van der Waals surface area contributed by atoms with Gasteiger partial charge in [0, 0.05) is 10.9 Å². The molecule has 0 saturated heterocycles. The van der Waals surface area contributed by atoms with Crippen molar-refractivity contribution in [1.82, 2.24) is 4.98 Å². The molecule has 0 aliphatic rings. The van der Waals surface area contributed by atoms with E-state index < -0.39 is 17.3 Å². The quantitative estimate of drug-likeness (QED) is 0.762. The van der Waals surface area contributed by atoms with Crippen molar-refractivity contribution in [3.05, 3.63) is 75.8 Å². The van der Waals surface area contributed by atoms with Gasteiger partial charge in [-0.15, -0.1) is 0 Å². The van der Waals surface area contributed by atoms with Crippen molar-refractivity contribution in [2.75, 3.05) is 5.32 Å². The first-order valence-corrected chi connectivity index (χ1v) is 6.75. The van der Waals surface area contributed by atoms with Crippen LogP contribution in [0.3, 0.4) is 0 Å². The van der Waals surface area contributed by atoms with Crippen LogP contribution in [0.4, 0.5) is 10.1 Å². The highest BCUT2D eigenvalue weighted by atomic mass is 19.1. The number of H-pyrrole nitrogens is 1. The Morgan fingerprint density at radius 2 is 1.77 bits per heavy atom. The van der Waals surface area contributed by atoms with Gasteiger partial charge in [0.15, 0.2) is 0 Å². The molecule has 110 valence electrons. The highest BCUT2D eigenvalue weighted by Crippen LogP contribution is 2.19. The van der Waals surface area contributed by atoms with Crippen LogP contribution in [0.2, 0.25) is 0 Å². The minimum atomic E-state index is -0.630. The maximum Gasteiger partial charge on any atom is 0.261 e. The first kappa shape index (κ1) is 14.0. The molecule has 0 fully saturated rings. The average Bonchev–Trinajstić information content (AvgIpc) is 2.49. The van der Waals surface area contributed by atoms with E-state index in [0.29, 0.717) is 11.1 Å². The number of fused-ring (bicyclic) bond motifs is 1.